The van der Waals surface area contributed by atoms with Gasteiger partial charge in [0.2, 0.25) is 12.5 Å². The highest BCUT2D eigenvalue weighted by Gasteiger charge is 2.07. The Balaban J connectivity index is 1.98. The molecule has 0 aliphatic carbocycles. The average molecular weight is 422 g/mol. The molecule has 0 radical (unpaired) electrons. The lowest BCUT2D eigenvalue weighted by molar-refractivity contribution is -0.684. The van der Waals surface area contributed by atoms with Crippen LogP contribution >= 0.6 is 21.6 Å². The molecule has 0 aromatic carbocycles. The maximum Gasteiger partial charge on any atom is 0.286 e. The number of amides is 2. The smallest absolute Gasteiger partial charge is 0.286 e. The fourth-order valence-electron chi connectivity index (χ4n) is 1.87. The molecule has 1 heterocycles. The molecule has 0 aliphatic heterocycles. The van der Waals surface area contributed by atoms with E-state index in [0.717, 1.165) is 17.1 Å². The normalized spacial score (nSPS) is 11.4. The molecule has 0 atom stereocenters. The van der Waals surface area contributed by atoms with Crippen LogP contribution in [0.25, 0.3) is 0 Å². The molecule has 152 valence electrons. The second-order valence-electron chi connectivity index (χ2n) is 6.00. The van der Waals surface area contributed by atoms with Crippen molar-refractivity contribution < 1.29 is 14.2 Å². The van der Waals surface area contributed by atoms with E-state index in [2.05, 4.69) is 22.2 Å². The summed E-state index contributed by atoms with van der Waals surface area (Å²) in [5, 5.41) is 5.73. The molecule has 0 saturated carbocycles. The minimum absolute atomic E-state index is 0.00500. The van der Waals surface area contributed by atoms with Gasteiger partial charge in [-0.1, -0.05) is 39.8 Å². The van der Waals surface area contributed by atoms with Gasteiger partial charge in [-0.2, -0.15) is 4.57 Å². The standard InChI is InChI=1S/C20H28N4O2S2/c1-4-17(2)5-8-21-15-19(25)22-9-13-27-28-14-10-23-20(26)16-24-11-6-18(3)7-12-24/h4-8,11-12H,1,9-10,13-16H2,2-3H3,(H-,22,23,25,26)/p+1/b17-5-,21-8+. The van der Waals surface area contributed by atoms with Crippen LogP contribution < -0.4 is 15.2 Å². The van der Waals surface area contributed by atoms with E-state index >= 15 is 0 Å². The molecule has 1 aromatic rings. The highest BCUT2D eigenvalue weighted by Crippen LogP contribution is 2.19. The number of aliphatic imine (C=N–C) groups is 1. The first-order chi connectivity index (χ1) is 13.5. The van der Waals surface area contributed by atoms with Crippen molar-refractivity contribution in [3.8, 4) is 0 Å². The quantitative estimate of drug-likeness (QED) is 0.168. The van der Waals surface area contributed by atoms with Gasteiger partial charge in [-0.3, -0.25) is 14.6 Å². The number of aryl methyl sites for hydroxylation is 1. The molecule has 0 aliphatic rings. The summed E-state index contributed by atoms with van der Waals surface area (Å²) < 4.78 is 1.86. The average Bonchev–Trinajstić information content (AvgIpc) is 2.68. The number of allylic oxidation sites excluding steroid dienone is 3. The van der Waals surface area contributed by atoms with Crippen LogP contribution in [-0.2, 0) is 16.1 Å². The molecule has 0 spiro atoms. The Morgan fingerprint density at radius 3 is 2.36 bits per heavy atom. The van der Waals surface area contributed by atoms with Crippen LogP contribution in [-0.4, -0.2) is 49.2 Å². The number of hydrogen-bond acceptors (Lipinski definition) is 5. The Labute approximate surface area is 175 Å². The maximum atomic E-state index is 11.9. The predicted octanol–water partition coefficient (Wildman–Crippen LogP) is 2.10. The lowest BCUT2D eigenvalue weighted by Gasteiger charge is -2.04. The van der Waals surface area contributed by atoms with E-state index < -0.39 is 0 Å². The van der Waals surface area contributed by atoms with Gasteiger partial charge in [-0.25, -0.2) is 0 Å². The minimum Gasteiger partial charge on any atom is -0.354 e. The highest BCUT2D eigenvalue weighted by molar-refractivity contribution is 8.76. The van der Waals surface area contributed by atoms with Crippen molar-refractivity contribution >= 4 is 39.6 Å². The monoisotopic (exact) mass is 421 g/mol. The molecule has 28 heavy (non-hydrogen) atoms. The number of aromatic nitrogens is 1. The van der Waals surface area contributed by atoms with E-state index in [-0.39, 0.29) is 18.4 Å². The number of rotatable bonds is 13. The molecule has 0 bridgehead atoms. The number of hydrogen-bond donors (Lipinski definition) is 2. The number of carbonyl (C=O) groups excluding carboxylic acids is 2. The summed E-state index contributed by atoms with van der Waals surface area (Å²) in [5.41, 5.74) is 2.17. The minimum atomic E-state index is -0.0904. The summed E-state index contributed by atoms with van der Waals surface area (Å²) in [4.78, 5) is 27.5. The van der Waals surface area contributed by atoms with Crippen molar-refractivity contribution in [2.75, 3.05) is 31.1 Å². The van der Waals surface area contributed by atoms with Gasteiger partial charge < -0.3 is 10.6 Å². The predicted molar refractivity (Wildman–Crippen MR) is 120 cm³/mol. The molecule has 1 rings (SSSR count). The number of nitrogens with zero attached hydrogens (tertiary/aromatic N) is 2. The lowest BCUT2D eigenvalue weighted by Crippen LogP contribution is -2.42. The second kappa shape index (κ2) is 14.9. The molecule has 0 unspecified atom stereocenters. The summed E-state index contributed by atoms with van der Waals surface area (Å²) in [6.07, 6.45) is 8.96. The molecule has 8 heteroatoms. The van der Waals surface area contributed by atoms with Crippen LogP contribution in [0.2, 0.25) is 0 Å². The van der Waals surface area contributed by atoms with Crippen LogP contribution in [0.5, 0.6) is 0 Å². The zero-order chi connectivity index (χ0) is 20.6. The molecule has 1 aromatic heterocycles. The SMILES string of the molecule is C=C/C(C)=C\C=N\CC(=O)NCCSSCCNC(=O)C[n+]1ccc(C)cc1. The van der Waals surface area contributed by atoms with Crippen LogP contribution in [0.4, 0.5) is 0 Å². The van der Waals surface area contributed by atoms with Crippen LogP contribution in [0.1, 0.15) is 12.5 Å². The largest absolute Gasteiger partial charge is 0.354 e. The van der Waals surface area contributed by atoms with Crippen molar-refractivity contribution in [3.63, 3.8) is 0 Å². The third-order valence-electron chi connectivity index (χ3n) is 3.48. The molecule has 0 fully saturated rings. The van der Waals surface area contributed by atoms with E-state index in [1.54, 1.807) is 33.9 Å². The molecule has 0 saturated heterocycles. The molecular formula is C20H29N4O2S2+. The lowest BCUT2D eigenvalue weighted by atomic mass is 10.3. The van der Waals surface area contributed by atoms with E-state index in [1.807, 2.05) is 49.0 Å². The van der Waals surface area contributed by atoms with Crippen molar-refractivity contribution in [2.45, 2.75) is 20.4 Å². The topological polar surface area (TPSA) is 74.4 Å². The second-order valence-corrected chi connectivity index (χ2v) is 8.70. The van der Waals surface area contributed by atoms with Gasteiger partial charge in [0.25, 0.3) is 5.91 Å². The van der Waals surface area contributed by atoms with E-state index in [9.17, 15) is 9.59 Å². The Kier molecular flexibility index (Phi) is 12.8. The van der Waals surface area contributed by atoms with Gasteiger partial charge in [0.15, 0.2) is 12.4 Å². The van der Waals surface area contributed by atoms with Crippen molar-refractivity contribution in [2.24, 2.45) is 4.99 Å². The van der Waals surface area contributed by atoms with E-state index in [0.29, 0.717) is 19.6 Å². The first-order valence-electron chi connectivity index (χ1n) is 9.04. The molecular weight excluding hydrogens is 392 g/mol. The third kappa shape index (κ3) is 12.3. The van der Waals surface area contributed by atoms with Crippen molar-refractivity contribution in [1.82, 2.24) is 10.6 Å². The Bertz CT molecular complexity index is 688. The Morgan fingerprint density at radius 2 is 1.75 bits per heavy atom. The van der Waals surface area contributed by atoms with E-state index in [1.165, 1.54) is 5.56 Å². The number of nitrogens with one attached hydrogen (secondary N) is 2. The fraction of sp³-hybridized carbons (Fsp3) is 0.400. The van der Waals surface area contributed by atoms with Gasteiger partial charge in [-0.15, -0.1) is 0 Å². The zero-order valence-corrected chi connectivity index (χ0v) is 18.2. The van der Waals surface area contributed by atoms with Crippen LogP contribution in [0.15, 0.2) is 53.8 Å². The summed E-state index contributed by atoms with van der Waals surface area (Å²) in [6, 6.07) is 3.96. The van der Waals surface area contributed by atoms with Crippen molar-refractivity contribution in [1.29, 1.82) is 0 Å². The van der Waals surface area contributed by atoms with Crippen LogP contribution in [0.3, 0.4) is 0 Å². The first-order valence-corrected chi connectivity index (χ1v) is 11.5. The Hall–Kier alpha value is -2.06. The van der Waals surface area contributed by atoms with E-state index in [4.69, 9.17) is 0 Å². The third-order valence-corrected chi connectivity index (χ3v) is 5.89. The fourth-order valence-corrected chi connectivity index (χ4v) is 3.68. The van der Waals surface area contributed by atoms with Crippen molar-refractivity contribution in [3.05, 3.63) is 54.4 Å². The summed E-state index contributed by atoms with van der Waals surface area (Å²) in [6.45, 7) is 9.27. The van der Waals surface area contributed by atoms with Gasteiger partial charge in [0.05, 0.1) is 0 Å². The zero-order valence-electron chi connectivity index (χ0n) is 16.5. The number of pyridine rings is 1. The maximum absolute atomic E-state index is 11.9. The summed E-state index contributed by atoms with van der Waals surface area (Å²) in [7, 11) is 3.35. The number of carbonyl (C=O) groups is 2. The van der Waals surface area contributed by atoms with Gasteiger partial charge in [-0.05, 0) is 25.5 Å². The Morgan fingerprint density at radius 1 is 1.14 bits per heavy atom. The summed E-state index contributed by atoms with van der Waals surface area (Å²) >= 11 is 0. The van der Waals surface area contributed by atoms with Gasteiger partial charge >= 0.3 is 0 Å². The van der Waals surface area contributed by atoms with Crippen LogP contribution in [0, 0.1) is 6.92 Å². The highest BCUT2D eigenvalue weighted by atomic mass is 33.1. The van der Waals surface area contributed by atoms with Gasteiger partial charge in [0, 0.05) is 42.9 Å². The van der Waals surface area contributed by atoms with Gasteiger partial charge in [0.1, 0.15) is 6.54 Å². The summed E-state index contributed by atoms with van der Waals surface area (Å²) in [5.74, 6) is 1.54. The molecule has 2 N–H and O–H groups in total. The molecule has 2 amide bonds. The molecule has 6 nitrogen and oxygen atoms in total. The first kappa shape index (κ1) is 24.0.